The van der Waals surface area contributed by atoms with Crippen LogP contribution in [0.5, 0.6) is 0 Å². The first-order valence-electron chi connectivity index (χ1n) is 8.23. The molecular formula is C19H18N2O3S. The van der Waals surface area contributed by atoms with Crippen LogP contribution < -0.4 is 5.32 Å². The van der Waals surface area contributed by atoms with Gasteiger partial charge in [-0.3, -0.25) is 4.79 Å². The molecule has 1 amide bonds. The summed E-state index contributed by atoms with van der Waals surface area (Å²) >= 11 is 1.72. The Morgan fingerprint density at radius 2 is 1.84 bits per heavy atom. The van der Waals surface area contributed by atoms with E-state index in [0.29, 0.717) is 18.5 Å². The molecule has 6 heteroatoms. The van der Waals surface area contributed by atoms with Crippen LogP contribution in [0.1, 0.15) is 23.3 Å². The van der Waals surface area contributed by atoms with Crippen molar-refractivity contribution in [3.05, 3.63) is 48.2 Å². The molecule has 0 aliphatic carbocycles. The predicted molar refractivity (Wildman–Crippen MR) is 100 cm³/mol. The Labute approximate surface area is 148 Å². The molecule has 0 bridgehead atoms. The summed E-state index contributed by atoms with van der Waals surface area (Å²) in [7, 11) is 0. The summed E-state index contributed by atoms with van der Waals surface area (Å²) in [6.45, 7) is 0. The van der Waals surface area contributed by atoms with Crippen molar-refractivity contribution in [3.8, 4) is 0 Å². The van der Waals surface area contributed by atoms with E-state index in [1.807, 2.05) is 36.4 Å². The number of benzene rings is 2. The molecule has 1 saturated heterocycles. The lowest BCUT2D eigenvalue weighted by Gasteiger charge is -2.33. The highest BCUT2D eigenvalue weighted by atomic mass is 32.2. The van der Waals surface area contributed by atoms with Crippen molar-refractivity contribution in [2.24, 2.45) is 0 Å². The fraction of sp³-hybridized carbons (Fsp3) is 0.263. The average molecular weight is 354 g/mol. The van der Waals surface area contributed by atoms with Crippen LogP contribution in [-0.4, -0.2) is 39.0 Å². The number of carbonyl (C=O) groups excluding carboxylic acids is 1. The number of rotatable bonds is 3. The van der Waals surface area contributed by atoms with Gasteiger partial charge in [-0.2, -0.15) is 11.8 Å². The van der Waals surface area contributed by atoms with Gasteiger partial charge in [0.15, 0.2) is 0 Å². The molecule has 128 valence electrons. The number of amides is 1. The first-order valence-corrected chi connectivity index (χ1v) is 9.39. The Morgan fingerprint density at radius 3 is 2.60 bits per heavy atom. The number of aliphatic carboxylic acids is 1. The number of hydrogen-bond donors (Lipinski definition) is 3. The van der Waals surface area contributed by atoms with Gasteiger partial charge in [-0.05, 0) is 47.3 Å². The molecule has 4 rings (SSSR count). The van der Waals surface area contributed by atoms with Crippen molar-refractivity contribution in [2.75, 3.05) is 11.5 Å². The highest BCUT2D eigenvalue weighted by molar-refractivity contribution is 7.99. The number of nitrogens with one attached hydrogen (secondary N) is 2. The molecule has 0 radical (unpaired) electrons. The second-order valence-corrected chi connectivity index (χ2v) is 7.61. The van der Waals surface area contributed by atoms with Crippen molar-refractivity contribution in [1.82, 2.24) is 10.3 Å². The minimum Gasteiger partial charge on any atom is -0.480 e. The molecule has 5 nitrogen and oxygen atoms in total. The molecule has 0 spiro atoms. The molecule has 0 unspecified atom stereocenters. The van der Waals surface area contributed by atoms with E-state index >= 15 is 0 Å². The van der Waals surface area contributed by atoms with Crippen LogP contribution in [0.2, 0.25) is 0 Å². The van der Waals surface area contributed by atoms with Gasteiger partial charge in [0.05, 0.1) is 0 Å². The van der Waals surface area contributed by atoms with Crippen LogP contribution in [0.25, 0.3) is 21.7 Å². The number of H-pyrrole nitrogens is 1. The van der Waals surface area contributed by atoms with Crippen LogP contribution in [0.15, 0.2) is 42.5 Å². The van der Waals surface area contributed by atoms with Crippen molar-refractivity contribution >= 4 is 45.3 Å². The van der Waals surface area contributed by atoms with Gasteiger partial charge >= 0.3 is 5.97 Å². The number of aromatic amines is 1. The van der Waals surface area contributed by atoms with E-state index in [1.54, 1.807) is 17.8 Å². The third-order valence-corrected chi connectivity index (χ3v) is 5.87. The maximum atomic E-state index is 12.7. The number of thioether (sulfide) groups is 1. The molecule has 1 aromatic heterocycles. The Balaban J connectivity index is 1.70. The quantitative estimate of drug-likeness (QED) is 0.673. The number of carboxylic acids is 1. The third-order valence-electron chi connectivity index (χ3n) is 4.88. The standard InChI is InChI=1S/C19H18N2O3S/c22-17(21-19(18(23)24)7-9-25-10-8-19)16-11-14-13-4-2-1-3-12(13)5-6-15(14)20-16/h1-6,11,20H,7-10H2,(H,21,22)(H,23,24). The number of aromatic nitrogens is 1. The minimum atomic E-state index is -1.16. The summed E-state index contributed by atoms with van der Waals surface area (Å²) in [5.74, 6) is 0.158. The normalized spacial score (nSPS) is 16.8. The predicted octanol–water partition coefficient (Wildman–Crippen LogP) is 3.40. The molecule has 0 saturated carbocycles. The second-order valence-electron chi connectivity index (χ2n) is 6.38. The van der Waals surface area contributed by atoms with E-state index in [1.165, 1.54) is 0 Å². The molecule has 2 aromatic carbocycles. The van der Waals surface area contributed by atoms with E-state index in [4.69, 9.17) is 0 Å². The van der Waals surface area contributed by atoms with Gasteiger partial charge < -0.3 is 15.4 Å². The Morgan fingerprint density at radius 1 is 1.08 bits per heavy atom. The molecule has 3 N–H and O–H groups in total. The zero-order valence-electron chi connectivity index (χ0n) is 13.5. The molecule has 25 heavy (non-hydrogen) atoms. The van der Waals surface area contributed by atoms with E-state index < -0.39 is 11.5 Å². The summed E-state index contributed by atoms with van der Waals surface area (Å²) in [4.78, 5) is 27.6. The van der Waals surface area contributed by atoms with Crippen LogP contribution >= 0.6 is 11.8 Å². The first-order chi connectivity index (χ1) is 12.1. The Hall–Kier alpha value is -2.47. The van der Waals surface area contributed by atoms with Gasteiger partial charge in [0.2, 0.25) is 0 Å². The van der Waals surface area contributed by atoms with E-state index in [9.17, 15) is 14.7 Å². The van der Waals surface area contributed by atoms with Crippen LogP contribution in [-0.2, 0) is 4.79 Å². The van der Waals surface area contributed by atoms with Crippen molar-refractivity contribution in [1.29, 1.82) is 0 Å². The van der Waals surface area contributed by atoms with Crippen LogP contribution in [0.3, 0.4) is 0 Å². The fourth-order valence-corrected chi connectivity index (χ4v) is 4.59. The van der Waals surface area contributed by atoms with Gasteiger partial charge in [0, 0.05) is 10.9 Å². The number of hydrogen-bond acceptors (Lipinski definition) is 3. The third kappa shape index (κ3) is 2.76. The second kappa shape index (κ2) is 6.11. The van der Waals surface area contributed by atoms with E-state index in [2.05, 4.69) is 10.3 Å². The van der Waals surface area contributed by atoms with Gasteiger partial charge in [-0.15, -0.1) is 0 Å². The van der Waals surface area contributed by atoms with E-state index in [0.717, 1.165) is 33.2 Å². The average Bonchev–Trinajstić information content (AvgIpc) is 3.07. The maximum absolute atomic E-state index is 12.7. The topological polar surface area (TPSA) is 82.2 Å². The summed E-state index contributed by atoms with van der Waals surface area (Å²) in [5.41, 5.74) is 0.0967. The SMILES string of the molecule is O=C(NC1(C(=O)O)CCSCC1)c1cc2c(ccc3ccccc32)[nH]1. The fourth-order valence-electron chi connectivity index (χ4n) is 3.40. The van der Waals surface area contributed by atoms with Crippen LogP contribution in [0.4, 0.5) is 0 Å². The summed E-state index contributed by atoms with van der Waals surface area (Å²) in [6.07, 6.45) is 0.893. The minimum absolute atomic E-state index is 0.366. The summed E-state index contributed by atoms with van der Waals surface area (Å²) in [6, 6.07) is 13.7. The lowest BCUT2D eigenvalue weighted by molar-refractivity contribution is -0.144. The number of carboxylic acid groups (broad SMARTS) is 1. The number of carbonyl (C=O) groups is 2. The molecule has 1 fully saturated rings. The van der Waals surface area contributed by atoms with Crippen LogP contribution in [0, 0.1) is 0 Å². The van der Waals surface area contributed by atoms with Gasteiger partial charge in [0.25, 0.3) is 5.91 Å². The molecule has 1 aliphatic rings. The zero-order chi connectivity index (χ0) is 17.4. The molecule has 2 heterocycles. The van der Waals surface area contributed by atoms with Gasteiger partial charge in [-0.1, -0.05) is 30.3 Å². The highest BCUT2D eigenvalue weighted by Crippen LogP contribution is 2.29. The van der Waals surface area contributed by atoms with Gasteiger partial charge in [-0.25, -0.2) is 4.79 Å². The zero-order valence-corrected chi connectivity index (χ0v) is 14.4. The first kappa shape index (κ1) is 16.0. The monoisotopic (exact) mass is 354 g/mol. The Bertz CT molecular complexity index is 973. The lowest BCUT2D eigenvalue weighted by Crippen LogP contribution is -2.56. The van der Waals surface area contributed by atoms with Crippen molar-refractivity contribution in [2.45, 2.75) is 18.4 Å². The highest BCUT2D eigenvalue weighted by Gasteiger charge is 2.41. The summed E-state index contributed by atoms with van der Waals surface area (Å²) in [5, 5.41) is 15.5. The maximum Gasteiger partial charge on any atom is 0.329 e. The molecule has 0 atom stereocenters. The van der Waals surface area contributed by atoms with Crippen molar-refractivity contribution < 1.29 is 14.7 Å². The Kier molecular flexibility index (Phi) is 3.92. The van der Waals surface area contributed by atoms with Crippen molar-refractivity contribution in [3.63, 3.8) is 0 Å². The molecule has 3 aromatic rings. The van der Waals surface area contributed by atoms with Gasteiger partial charge in [0.1, 0.15) is 11.2 Å². The summed E-state index contributed by atoms with van der Waals surface area (Å²) < 4.78 is 0. The van der Waals surface area contributed by atoms with E-state index in [-0.39, 0.29) is 5.91 Å². The number of fused-ring (bicyclic) bond motifs is 3. The lowest BCUT2D eigenvalue weighted by atomic mass is 9.92. The molecular weight excluding hydrogens is 336 g/mol. The molecule has 1 aliphatic heterocycles. The smallest absolute Gasteiger partial charge is 0.329 e. The largest absolute Gasteiger partial charge is 0.480 e.